The molecule has 19 heavy (non-hydrogen) atoms. The number of benzene rings is 1. The van der Waals surface area contributed by atoms with Crippen molar-refractivity contribution in [3.8, 4) is 0 Å². The smallest absolute Gasteiger partial charge is 0.294 e. The third-order valence-electron chi connectivity index (χ3n) is 2.60. The molecule has 1 atom stereocenters. The minimum atomic E-state index is -4.76. The van der Waals surface area contributed by atoms with Crippen molar-refractivity contribution >= 4 is 5.78 Å². The number of Topliss-reactive ketones (excluding diaryl/α,β-unsaturated/α-hetero) is 1. The molecule has 0 heterocycles. The van der Waals surface area contributed by atoms with Gasteiger partial charge in [0.1, 0.15) is 5.92 Å². The SMILES string of the molecule is Cc1cccc(C(=O)CC(C[N+](=O)[O-])C(F)(F)F)c1. The maximum absolute atomic E-state index is 12.6. The van der Waals surface area contributed by atoms with Gasteiger partial charge in [-0.25, -0.2) is 0 Å². The molecule has 0 saturated carbocycles. The Morgan fingerprint density at radius 3 is 2.53 bits per heavy atom. The number of carbonyl (C=O) groups is 1. The molecule has 0 aliphatic heterocycles. The van der Waals surface area contributed by atoms with Gasteiger partial charge >= 0.3 is 6.18 Å². The van der Waals surface area contributed by atoms with Crippen LogP contribution < -0.4 is 0 Å². The third-order valence-corrected chi connectivity index (χ3v) is 2.60. The van der Waals surface area contributed by atoms with Crippen LogP contribution in [0.1, 0.15) is 22.3 Å². The lowest BCUT2D eigenvalue weighted by molar-refractivity contribution is -0.497. The predicted molar refractivity (Wildman–Crippen MR) is 61.5 cm³/mol. The van der Waals surface area contributed by atoms with Crippen LogP contribution in [0.4, 0.5) is 13.2 Å². The van der Waals surface area contributed by atoms with Crippen LogP contribution in [0.3, 0.4) is 0 Å². The van der Waals surface area contributed by atoms with Crippen LogP contribution in [0.2, 0.25) is 0 Å². The monoisotopic (exact) mass is 275 g/mol. The van der Waals surface area contributed by atoms with Gasteiger partial charge in [0, 0.05) is 16.9 Å². The predicted octanol–water partition coefficient (Wildman–Crippen LogP) is 3.02. The van der Waals surface area contributed by atoms with Crippen molar-refractivity contribution in [3.05, 3.63) is 45.5 Å². The van der Waals surface area contributed by atoms with Crippen molar-refractivity contribution in [2.75, 3.05) is 6.54 Å². The summed E-state index contributed by atoms with van der Waals surface area (Å²) in [7, 11) is 0. The zero-order valence-corrected chi connectivity index (χ0v) is 10.1. The first kappa shape index (κ1) is 15.1. The summed E-state index contributed by atoms with van der Waals surface area (Å²) < 4.78 is 37.7. The van der Waals surface area contributed by atoms with Crippen LogP contribution in [0.25, 0.3) is 0 Å². The highest BCUT2D eigenvalue weighted by molar-refractivity contribution is 5.96. The maximum atomic E-state index is 12.6. The fourth-order valence-electron chi connectivity index (χ4n) is 1.62. The van der Waals surface area contributed by atoms with Crippen LogP contribution in [0.5, 0.6) is 0 Å². The Bertz CT molecular complexity index is 485. The molecular formula is C12H12F3NO3. The Morgan fingerprint density at radius 1 is 1.42 bits per heavy atom. The van der Waals surface area contributed by atoms with E-state index >= 15 is 0 Å². The van der Waals surface area contributed by atoms with E-state index in [0.29, 0.717) is 0 Å². The molecule has 0 fully saturated rings. The second-order valence-corrected chi connectivity index (χ2v) is 4.25. The van der Waals surface area contributed by atoms with Gasteiger partial charge in [-0.15, -0.1) is 0 Å². The van der Waals surface area contributed by atoms with Crippen LogP contribution in [0, 0.1) is 23.0 Å². The number of ketones is 1. The normalized spacial score (nSPS) is 13.1. The number of carbonyl (C=O) groups excluding carboxylic acids is 1. The van der Waals surface area contributed by atoms with Crippen LogP contribution in [0.15, 0.2) is 24.3 Å². The van der Waals surface area contributed by atoms with Gasteiger partial charge in [-0.1, -0.05) is 23.8 Å². The molecule has 1 unspecified atom stereocenters. The van der Waals surface area contributed by atoms with E-state index in [1.54, 1.807) is 19.1 Å². The first-order valence-electron chi connectivity index (χ1n) is 5.48. The molecule has 0 radical (unpaired) electrons. The summed E-state index contributed by atoms with van der Waals surface area (Å²) in [4.78, 5) is 20.9. The molecule has 1 aromatic rings. The van der Waals surface area contributed by atoms with Crippen molar-refractivity contribution in [1.82, 2.24) is 0 Å². The highest BCUT2D eigenvalue weighted by Gasteiger charge is 2.44. The van der Waals surface area contributed by atoms with Crippen molar-refractivity contribution in [2.24, 2.45) is 5.92 Å². The second kappa shape index (κ2) is 5.81. The lowest BCUT2D eigenvalue weighted by atomic mass is 9.97. The van der Waals surface area contributed by atoms with E-state index in [1.165, 1.54) is 12.1 Å². The van der Waals surface area contributed by atoms with E-state index in [0.717, 1.165) is 5.56 Å². The average Bonchev–Trinajstić information content (AvgIpc) is 2.26. The summed E-state index contributed by atoms with van der Waals surface area (Å²) in [5.41, 5.74) is 0.876. The minimum absolute atomic E-state index is 0.137. The molecular weight excluding hydrogens is 263 g/mol. The standard InChI is InChI=1S/C12H12F3NO3/c1-8-3-2-4-9(5-8)11(17)6-10(7-16(18)19)12(13,14)15/h2-5,10H,6-7H2,1H3. The number of nitrogens with zero attached hydrogens (tertiary/aromatic N) is 1. The van der Waals surface area contributed by atoms with Gasteiger partial charge in [0.05, 0.1) is 0 Å². The second-order valence-electron chi connectivity index (χ2n) is 4.25. The average molecular weight is 275 g/mol. The van der Waals surface area contributed by atoms with Crippen LogP contribution >= 0.6 is 0 Å². The highest BCUT2D eigenvalue weighted by Crippen LogP contribution is 2.30. The Morgan fingerprint density at radius 2 is 2.05 bits per heavy atom. The molecule has 7 heteroatoms. The minimum Gasteiger partial charge on any atom is -0.294 e. The Hall–Kier alpha value is -1.92. The number of hydrogen-bond acceptors (Lipinski definition) is 3. The maximum Gasteiger partial charge on any atom is 0.398 e. The van der Waals surface area contributed by atoms with Crippen molar-refractivity contribution < 1.29 is 22.9 Å². The summed E-state index contributed by atoms with van der Waals surface area (Å²) in [6.07, 6.45) is -5.67. The van der Waals surface area contributed by atoms with E-state index in [4.69, 9.17) is 0 Å². The molecule has 1 aromatic carbocycles. The summed E-state index contributed by atoms with van der Waals surface area (Å²) in [5.74, 6) is -3.00. The third kappa shape index (κ3) is 4.69. The van der Waals surface area contributed by atoms with Gasteiger partial charge in [-0.3, -0.25) is 14.9 Å². The summed E-state index contributed by atoms with van der Waals surface area (Å²) >= 11 is 0. The Kier molecular flexibility index (Phi) is 4.63. The number of hydrogen-bond donors (Lipinski definition) is 0. The molecule has 0 amide bonds. The molecule has 104 valence electrons. The van der Waals surface area contributed by atoms with E-state index in [2.05, 4.69) is 0 Å². The number of halogens is 3. The molecule has 0 aromatic heterocycles. The zero-order chi connectivity index (χ0) is 14.6. The molecule has 0 bridgehead atoms. The molecule has 0 aliphatic rings. The number of alkyl halides is 3. The Balaban J connectivity index is 2.85. The van der Waals surface area contributed by atoms with Crippen LogP contribution in [-0.4, -0.2) is 23.4 Å². The highest BCUT2D eigenvalue weighted by atomic mass is 19.4. The quantitative estimate of drug-likeness (QED) is 0.471. The molecule has 0 N–H and O–H groups in total. The lowest BCUT2D eigenvalue weighted by Crippen LogP contribution is -2.31. The summed E-state index contributed by atoms with van der Waals surface area (Å²) in [6, 6.07) is 6.12. The summed E-state index contributed by atoms with van der Waals surface area (Å²) in [6.45, 7) is 0.413. The van der Waals surface area contributed by atoms with E-state index in [-0.39, 0.29) is 5.56 Å². The van der Waals surface area contributed by atoms with Gasteiger partial charge in [-0.2, -0.15) is 13.2 Å². The fraction of sp³-hybridized carbons (Fsp3) is 0.417. The zero-order valence-electron chi connectivity index (χ0n) is 10.1. The van der Waals surface area contributed by atoms with E-state index in [9.17, 15) is 28.1 Å². The van der Waals surface area contributed by atoms with Gasteiger partial charge < -0.3 is 0 Å². The van der Waals surface area contributed by atoms with Gasteiger partial charge in [0.15, 0.2) is 5.78 Å². The number of aryl methyl sites for hydroxylation is 1. The fourth-order valence-corrected chi connectivity index (χ4v) is 1.62. The first-order chi connectivity index (χ1) is 8.70. The van der Waals surface area contributed by atoms with Crippen LogP contribution in [-0.2, 0) is 0 Å². The topological polar surface area (TPSA) is 60.2 Å². The molecule has 0 aliphatic carbocycles. The van der Waals surface area contributed by atoms with E-state index in [1.807, 2.05) is 0 Å². The van der Waals surface area contributed by atoms with Gasteiger partial charge in [0.2, 0.25) is 6.54 Å². The van der Waals surface area contributed by atoms with Gasteiger partial charge in [-0.05, 0) is 13.0 Å². The van der Waals surface area contributed by atoms with Gasteiger partial charge in [0.25, 0.3) is 0 Å². The number of rotatable bonds is 5. The van der Waals surface area contributed by atoms with E-state index < -0.39 is 35.8 Å². The largest absolute Gasteiger partial charge is 0.398 e. The van der Waals surface area contributed by atoms with Crippen molar-refractivity contribution in [2.45, 2.75) is 19.5 Å². The first-order valence-corrected chi connectivity index (χ1v) is 5.48. The van der Waals surface area contributed by atoms with Crippen molar-refractivity contribution in [3.63, 3.8) is 0 Å². The molecule has 1 rings (SSSR count). The summed E-state index contributed by atoms with van der Waals surface area (Å²) in [5, 5.41) is 10.2. The Labute approximate surface area is 107 Å². The molecule has 4 nitrogen and oxygen atoms in total. The van der Waals surface area contributed by atoms with Crippen molar-refractivity contribution in [1.29, 1.82) is 0 Å². The molecule has 0 spiro atoms. The lowest BCUT2D eigenvalue weighted by Gasteiger charge is -2.15. The molecule has 0 saturated heterocycles. The number of nitro groups is 1.